The van der Waals surface area contributed by atoms with Crippen LogP contribution >= 0.6 is 0 Å². The van der Waals surface area contributed by atoms with Gasteiger partial charge in [-0.3, -0.25) is 19.1 Å². The van der Waals surface area contributed by atoms with E-state index in [0.29, 0.717) is 11.3 Å². The van der Waals surface area contributed by atoms with Crippen LogP contribution < -0.4 is 16.0 Å². The number of Topliss-reactive ketones (excluding diaryl/α,β-unsaturated/α-hetero) is 1. The van der Waals surface area contributed by atoms with Gasteiger partial charge in [0.1, 0.15) is 5.75 Å². The second-order valence-electron chi connectivity index (χ2n) is 3.89. The van der Waals surface area contributed by atoms with E-state index in [9.17, 15) is 14.4 Å². The second-order valence-corrected chi connectivity index (χ2v) is 3.89. The molecule has 0 aliphatic rings. The Labute approximate surface area is 108 Å². The third kappa shape index (κ3) is 2.98. The van der Waals surface area contributed by atoms with Gasteiger partial charge < -0.3 is 4.74 Å². The average Bonchev–Trinajstić information content (AvgIpc) is 2.42. The summed E-state index contributed by atoms with van der Waals surface area (Å²) in [4.78, 5) is 36.5. The molecule has 1 heterocycles. The highest BCUT2D eigenvalue weighted by Gasteiger charge is 2.08. The van der Waals surface area contributed by atoms with Crippen LogP contribution in [0.15, 0.2) is 46.1 Å². The number of ether oxygens (including phenoxy) is 1. The van der Waals surface area contributed by atoms with E-state index in [1.807, 2.05) is 0 Å². The maximum Gasteiger partial charge on any atom is 0.328 e. The summed E-state index contributed by atoms with van der Waals surface area (Å²) in [5, 5.41) is 0. The molecule has 0 aliphatic heterocycles. The maximum absolute atomic E-state index is 12.0. The lowest BCUT2D eigenvalue weighted by Crippen LogP contribution is -2.30. The number of rotatable bonds is 4. The normalized spacial score (nSPS) is 10.2. The Kier molecular flexibility index (Phi) is 3.61. The summed E-state index contributed by atoms with van der Waals surface area (Å²) in [6, 6.07) is 7.85. The van der Waals surface area contributed by atoms with Crippen molar-refractivity contribution in [1.82, 2.24) is 9.55 Å². The minimum absolute atomic E-state index is 0.136. The molecule has 98 valence electrons. The third-order valence-electron chi connectivity index (χ3n) is 2.60. The number of hydrogen-bond donors (Lipinski definition) is 1. The van der Waals surface area contributed by atoms with E-state index in [1.165, 1.54) is 19.4 Å². The third-order valence-corrected chi connectivity index (χ3v) is 2.60. The predicted molar refractivity (Wildman–Crippen MR) is 68.6 cm³/mol. The zero-order chi connectivity index (χ0) is 13.8. The maximum atomic E-state index is 12.0. The molecule has 1 N–H and O–H groups in total. The van der Waals surface area contributed by atoms with Crippen LogP contribution in [0, 0.1) is 0 Å². The smallest absolute Gasteiger partial charge is 0.328 e. The Morgan fingerprint density at radius 2 is 2.11 bits per heavy atom. The van der Waals surface area contributed by atoms with Crippen LogP contribution in [0.2, 0.25) is 0 Å². The molecule has 1 aromatic heterocycles. The first-order chi connectivity index (χ1) is 9.10. The predicted octanol–water partition coefficient (Wildman–Crippen LogP) is 0.428. The van der Waals surface area contributed by atoms with E-state index in [2.05, 4.69) is 4.98 Å². The lowest BCUT2D eigenvalue weighted by Gasteiger charge is -2.05. The zero-order valence-electron chi connectivity index (χ0n) is 10.3. The summed E-state index contributed by atoms with van der Waals surface area (Å²) in [6.45, 7) is -0.136. The topological polar surface area (TPSA) is 81.2 Å². The Bertz CT molecular complexity index is 715. The van der Waals surface area contributed by atoms with Gasteiger partial charge in [0.15, 0.2) is 5.78 Å². The Balaban J connectivity index is 2.25. The number of H-pyrrole nitrogens is 1. The van der Waals surface area contributed by atoms with Gasteiger partial charge in [-0.1, -0.05) is 12.1 Å². The number of nitrogens with zero attached hydrogens (tertiary/aromatic N) is 1. The molecule has 0 aliphatic carbocycles. The van der Waals surface area contributed by atoms with Gasteiger partial charge in [0, 0.05) is 17.8 Å². The molecule has 19 heavy (non-hydrogen) atoms. The molecule has 6 heteroatoms. The Hall–Kier alpha value is -2.63. The fraction of sp³-hybridized carbons (Fsp3) is 0.154. The average molecular weight is 260 g/mol. The number of ketones is 1. The van der Waals surface area contributed by atoms with Gasteiger partial charge in [-0.15, -0.1) is 0 Å². The Morgan fingerprint density at radius 3 is 2.79 bits per heavy atom. The first-order valence-electron chi connectivity index (χ1n) is 5.57. The number of carbonyl (C=O) groups excluding carboxylic acids is 1. The van der Waals surface area contributed by atoms with Gasteiger partial charge in [0.05, 0.1) is 13.7 Å². The molecular formula is C13H12N2O4. The molecule has 0 atom stereocenters. The largest absolute Gasteiger partial charge is 0.497 e. The fourth-order valence-corrected chi connectivity index (χ4v) is 1.61. The molecular weight excluding hydrogens is 248 g/mol. The molecule has 0 amide bonds. The first kappa shape index (κ1) is 12.8. The molecule has 0 radical (unpaired) electrons. The lowest BCUT2D eigenvalue weighted by molar-refractivity contribution is 0.0970. The van der Waals surface area contributed by atoms with Gasteiger partial charge in [0.2, 0.25) is 0 Å². The second kappa shape index (κ2) is 5.34. The minimum atomic E-state index is -0.608. The van der Waals surface area contributed by atoms with Crippen LogP contribution in [0.4, 0.5) is 0 Å². The summed E-state index contributed by atoms with van der Waals surface area (Å²) in [5.41, 5.74) is -0.656. The number of aromatic amines is 1. The van der Waals surface area contributed by atoms with Crippen LogP contribution in [0.1, 0.15) is 10.4 Å². The highest BCUT2D eigenvalue weighted by atomic mass is 16.5. The molecule has 0 saturated carbocycles. The summed E-state index contributed by atoms with van der Waals surface area (Å²) in [5.74, 6) is 0.327. The molecule has 0 unspecified atom stereocenters. The van der Waals surface area contributed by atoms with Gasteiger partial charge >= 0.3 is 5.69 Å². The molecule has 2 rings (SSSR count). The van der Waals surface area contributed by atoms with Crippen LogP contribution in [-0.2, 0) is 6.54 Å². The van der Waals surface area contributed by atoms with Crippen LogP contribution in [0.3, 0.4) is 0 Å². The lowest BCUT2D eigenvalue weighted by atomic mass is 10.1. The number of aromatic nitrogens is 2. The van der Waals surface area contributed by atoms with Crippen molar-refractivity contribution >= 4 is 5.78 Å². The monoisotopic (exact) mass is 260 g/mol. The minimum Gasteiger partial charge on any atom is -0.497 e. The van der Waals surface area contributed by atoms with Crippen molar-refractivity contribution in [3.8, 4) is 5.75 Å². The van der Waals surface area contributed by atoms with Crippen molar-refractivity contribution in [3.05, 3.63) is 62.9 Å². The van der Waals surface area contributed by atoms with Crippen molar-refractivity contribution in [2.45, 2.75) is 6.54 Å². The molecule has 0 fully saturated rings. The molecule has 6 nitrogen and oxygen atoms in total. The van der Waals surface area contributed by atoms with Gasteiger partial charge in [-0.05, 0) is 12.1 Å². The fourth-order valence-electron chi connectivity index (χ4n) is 1.61. The summed E-state index contributed by atoms with van der Waals surface area (Å²) < 4.78 is 6.17. The van der Waals surface area contributed by atoms with Crippen molar-refractivity contribution in [3.63, 3.8) is 0 Å². The molecule has 1 aromatic carbocycles. The molecule has 2 aromatic rings. The van der Waals surface area contributed by atoms with Crippen molar-refractivity contribution in [1.29, 1.82) is 0 Å². The van der Waals surface area contributed by atoms with Crippen molar-refractivity contribution < 1.29 is 9.53 Å². The van der Waals surface area contributed by atoms with E-state index >= 15 is 0 Å². The Morgan fingerprint density at radius 1 is 1.32 bits per heavy atom. The molecule has 0 bridgehead atoms. The number of nitrogens with one attached hydrogen (secondary N) is 1. The van der Waals surface area contributed by atoms with E-state index in [0.717, 1.165) is 4.57 Å². The summed E-state index contributed by atoms with van der Waals surface area (Å²) in [6.07, 6.45) is 1.29. The highest BCUT2D eigenvalue weighted by molar-refractivity contribution is 5.96. The van der Waals surface area contributed by atoms with E-state index in [-0.39, 0.29) is 12.3 Å². The van der Waals surface area contributed by atoms with Gasteiger partial charge in [0.25, 0.3) is 5.56 Å². The van der Waals surface area contributed by atoms with E-state index in [1.54, 1.807) is 24.3 Å². The first-order valence-corrected chi connectivity index (χ1v) is 5.57. The quantitative estimate of drug-likeness (QED) is 0.808. The molecule has 0 spiro atoms. The van der Waals surface area contributed by atoms with Gasteiger partial charge in [-0.25, -0.2) is 4.79 Å². The number of benzene rings is 1. The van der Waals surface area contributed by atoms with Crippen LogP contribution in [0.25, 0.3) is 0 Å². The van der Waals surface area contributed by atoms with Crippen molar-refractivity contribution in [2.75, 3.05) is 7.11 Å². The van der Waals surface area contributed by atoms with Gasteiger partial charge in [-0.2, -0.15) is 0 Å². The van der Waals surface area contributed by atoms with E-state index in [4.69, 9.17) is 4.74 Å². The van der Waals surface area contributed by atoms with Crippen LogP contribution in [-0.4, -0.2) is 22.4 Å². The zero-order valence-corrected chi connectivity index (χ0v) is 10.3. The number of carbonyl (C=O) groups is 1. The summed E-state index contributed by atoms with van der Waals surface area (Å²) in [7, 11) is 1.51. The number of methoxy groups -OCH3 is 1. The van der Waals surface area contributed by atoms with E-state index < -0.39 is 11.2 Å². The number of hydrogen-bond acceptors (Lipinski definition) is 4. The summed E-state index contributed by atoms with van der Waals surface area (Å²) >= 11 is 0. The van der Waals surface area contributed by atoms with Crippen LogP contribution in [0.5, 0.6) is 5.75 Å². The standard InChI is InChI=1S/C13H12N2O4/c1-19-10-4-2-3-9(7-10)11(16)8-15-6-5-12(17)14-13(15)18/h2-7H,8H2,1H3,(H,14,17,18). The highest BCUT2D eigenvalue weighted by Crippen LogP contribution is 2.13. The molecule has 0 saturated heterocycles. The SMILES string of the molecule is COc1cccc(C(=O)Cn2ccc(=O)[nH]c2=O)c1. The van der Waals surface area contributed by atoms with Crippen molar-refractivity contribution in [2.24, 2.45) is 0 Å².